The van der Waals surface area contributed by atoms with Crippen molar-refractivity contribution in [1.29, 1.82) is 0 Å². The van der Waals surface area contributed by atoms with E-state index < -0.39 is 0 Å². The van der Waals surface area contributed by atoms with Gasteiger partial charge in [0.05, 0.1) is 24.2 Å². The lowest BCUT2D eigenvalue weighted by atomic mass is 9.99. The predicted octanol–water partition coefficient (Wildman–Crippen LogP) is 5.77. The Kier molecular flexibility index (Phi) is 8.91. The molecule has 3 aromatic carbocycles. The minimum Gasteiger partial charge on any atom is -0.492 e. The van der Waals surface area contributed by atoms with E-state index in [1.54, 1.807) is 26.4 Å². The number of fused-ring (bicyclic) bond motifs is 1. The molecule has 9 heteroatoms. The van der Waals surface area contributed by atoms with Crippen LogP contribution in [0.1, 0.15) is 65.8 Å². The second-order valence-electron chi connectivity index (χ2n) is 11.9. The number of aromatic nitrogens is 2. The first-order valence-corrected chi connectivity index (χ1v) is 15.7. The molecule has 1 unspecified atom stereocenters. The van der Waals surface area contributed by atoms with Crippen molar-refractivity contribution in [3.05, 3.63) is 113 Å². The van der Waals surface area contributed by atoms with Gasteiger partial charge in [-0.1, -0.05) is 55.5 Å². The molecule has 2 heterocycles. The Balaban J connectivity index is 1.29. The lowest BCUT2D eigenvalue weighted by Crippen LogP contribution is -2.29. The van der Waals surface area contributed by atoms with Crippen molar-refractivity contribution in [3.63, 3.8) is 0 Å². The van der Waals surface area contributed by atoms with Gasteiger partial charge in [-0.3, -0.25) is 4.90 Å². The number of hydrogen-bond donors (Lipinski definition) is 2. The maximum absolute atomic E-state index is 13.0. The Morgan fingerprint density at radius 2 is 1.87 bits per heavy atom. The number of allylic oxidation sites excluding steroid dienone is 1. The smallest absolute Gasteiger partial charge is 0.341 e. The van der Waals surface area contributed by atoms with Crippen molar-refractivity contribution in [2.75, 3.05) is 26.8 Å². The van der Waals surface area contributed by atoms with Gasteiger partial charge in [-0.25, -0.2) is 15.3 Å². The number of carbonyl (C=O) groups is 1. The maximum Gasteiger partial charge on any atom is 0.341 e. The molecule has 45 heavy (non-hydrogen) atoms. The van der Waals surface area contributed by atoms with Gasteiger partial charge in [0.15, 0.2) is 0 Å². The zero-order valence-electron chi connectivity index (χ0n) is 26.2. The predicted molar refractivity (Wildman–Crippen MR) is 175 cm³/mol. The summed E-state index contributed by atoms with van der Waals surface area (Å²) in [5.74, 6) is 6.53. The Hall–Kier alpha value is -4.60. The van der Waals surface area contributed by atoms with E-state index in [4.69, 9.17) is 21.1 Å². The molecule has 234 valence electrons. The first-order valence-electron chi connectivity index (χ1n) is 15.7. The summed E-state index contributed by atoms with van der Waals surface area (Å²) in [6.45, 7) is 6.69. The van der Waals surface area contributed by atoms with Crippen molar-refractivity contribution in [3.8, 4) is 22.6 Å². The van der Waals surface area contributed by atoms with E-state index in [9.17, 15) is 4.79 Å². The summed E-state index contributed by atoms with van der Waals surface area (Å²) in [7, 11) is 1.74. The molecular weight excluding hydrogens is 564 g/mol. The van der Waals surface area contributed by atoms with Gasteiger partial charge in [-0.05, 0) is 60.7 Å². The van der Waals surface area contributed by atoms with Crippen molar-refractivity contribution < 1.29 is 14.3 Å². The third-order valence-electron chi connectivity index (χ3n) is 8.70. The molecule has 3 atom stereocenters. The van der Waals surface area contributed by atoms with E-state index in [-0.39, 0.29) is 17.8 Å². The molecule has 4 N–H and O–H groups in total. The van der Waals surface area contributed by atoms with Gasteiger partial charge < -0.3 is 20.2 Å². The SMILES string of the molecule is CCOC(=O)c1cnn(-c2cccc(-c3cccc(CN4CCOc5ccccc5C4CC)c3)c2)c1[C@@H]1C[C@H]1/C(N)=C/N(C)N. The molecule has 1 aliphatic heterocycles. The Morgan fingerprint density at radius 1 is 1.09 bits per heavy atom. The standard InChI is InChI=1S/C36H42N6O3/c1-4-33-28-14-6-7-15-34(28)45-17-16-41(33)22-24-10-8-11-25(18-24)26-12-9-13-27(19-26)42-35(31(21-39-42)36(43)44-5-2)30-20-29(30)32(37)23-40(3)38/h6-15,18-19,21,23,29-30,33H,4-5,16-17,20,22,37-38H2,1-3H3/b32-23-/t29-,30-,33?/m1/s1. The highest BCUT2D eigenvalue weighted by atomic mass is 16.5. The molecule has 0 radical (unpaired) electrons. The van der Waals surface area contributed by atoms with Crippen LogP contribution in [0.4, 0.5) is 0 Å². The van der Waals surface area contributed by atoms with Crippen LogP contribution in [0.15, 0.2) is 90.9 Å². The van der Waals surface area contributed by atoms with Crippen LogP contribution in [0, 0.1) is 5.92 Å². The van der Waals surface area contributed by atoms with Crippen LogP contribution in [0.25, 0.3) is 16.8 Å². The molecule has 9 nitrogen and oxygen atoms in total. The van der Waals surface area contributed by atoms with Crippen molar-refractivity contribution in [2.45, 2.75) is 45.2 Å². The van der Waals surface area contributed by atoms with Crippen LogP contribution < -0.4 is 16.3 Å². The molecule has 0 amide bonds. The highest BCUT2D eigenvalue weighted by molar-refractivity contribution is 5.91. The number of rotatable bonds is 10. The zero-order chi connectivity index (χ0) is 31.5. The fourth-order valence-corrected chi connectivity index (χ4v) is 6.56. The fourth-order valence-electron chi connectivity index (χ4n) is 6.56. The lowest BCUT2D eigenvalue weighted by molar-refractivity contribution is 0.0525. The number of esters is 1. The van der Waals surface area contributed by atoms with Crippen LogP contribution in [-0.4, -0.2) is 52.5 Å². The third-order valence-corrected chi connectivity index (χ3v) is 8.70. The largest absolute Gasteiger partial charge is 0.492 e. The monoisotopic (exact) mass is 606 g/mol. The van der Waals surface area contributed by atoms with Crippen molar-refractivity contribution >= 4 is 5.97 Å². The van der Waals surface area contributed by atoms with Crippen LogP contribution in [0.2, 0.25) is 0 Å². The topological polar surface area (TPSA) is 112 Å². The molecule has 6 rings (SSSR count). The van der Waals surface area contributed by atoms with E-state index in [2.05, 4.69) is 71.5 Å². The minimum atomic E-state index is -0.376. The van der Waals surface area contributed by atoms with Crippen molar-refractivity contribution in [1.82, 2.24) is 19.7 Å². The van der Waals surface area contributed by atoms with E-state index in [1.807, 2.05) is 22.9 Å². The Bertz CT molecular complexity index is 1700. The number of nitrogens with zero attached hydrogens (tertiary/aromatic N) is 4. The number of hydrogen-bond acceptors (Lipinski definition) is 8. The van der Waals surface area contributed by atoms with Crippen LogP contribution in [0.5, 0.6) is 5.75 Å². The fraction of sp³-hybridized carbons (Fsp3) is 0.333. The molecule has 0 bridgehead atoms. The summed E-state index contributed by atoms with van der Waals surface area (Å²) in [6.07, 6.45) is 5.15. The zero-order valence-corrected chi connectivity index (χ0v) is 26.2. The number of benzene rings is 3. The highest BCUT2D eigenvalue weighted by Crippen LogP contribution is 2.52. The number of carbonyl (C=O) groups excluding carboxylic acids is 1. The molecule has 1 saturated carbocycles. The molecule has 1 aromatic heterocycles. The number of para-hydroxylation sites is 1. The first-order chi connectivity index (χ1) is 21.9. The average molecular weight is 607 g/mol. The minimum absolute atomic E-state index is 0.0318. The van der Waals surface area contributed by atoms with Crippen LogP contribution in [0.3, 0.4) is 0 Å². The summed E-state index contributed by atoms with van der Waals surface area (Å²) in [4.78, 5) is 15.5. The highest BCUT2D eigenvalue weighted by Gasteiger charge is 2.45. The lowest BCUT2D eigenvalue weighted by Gasteiger charge is -2.29. The van der Waals surface area contributed by atoms with E-state index in [1.165, 1.54) is 16.1 Å². The van der Waals surface area contributed by atoms with E-state index >= 15 is 0 Å². The van der Waals surface area contributed by atoms with Gasteiger partial charge in [-0.15, -0.1) is 0 Å². The maximum atomic E-state index is 13.0. The Morgan fingerprint density at radius 3 is 2.64 bits per heavy atom. The van der Waals surface area contributed by atoms with Gasteiger partial charge in [0.25, 0.3) is 0 Å². The second kappa shape index (κ2) is 13.2. The second-order valence-corrected chi connectivity index (χ2v) is 11.9. The third kappa shape index (κ3) is 6.45. The summed E-state index contributed by atoms with van der Waals surface area (Å²) in [6, 6.07) is 25.7. The summed E-state index contributed by atoms with van der Waals surface area (Å²) in [5.41, 5.74) is 13.9. The number of nitrogens with two attached hydrogens (primary N) is 2. The molecule has 2 aliphatic rings. The van der Waals surface area contributed by atoms with Crippen molar-refractivity contribution in [2.24, 2.45) is 17.5 Å². The van der Waals surface area contributed by atoms with Crippen LogP contribution in [-0.2, 0) is 11.3 Å². The molecule has 4 aromatic rings. The summed E-state index contributed by atoms with van der Waals surface area (Å²) >= 11 is 0. The van der Waals surface area contributed by atoms with Gasteiger partial charge in [0.2, 0.25) is 0 Å². The summed E-state index contributed by atoms with van der Waals surface area (Å²) < 4.78 is 13.4. The first kappa shape index (κ1) is 30.4. The molecule has 0 spiro atoms. The quantitative estimate of drug-likeness (QED) is 0.133. The van der Waals surface area contributed by atoms with E-state index in [0.29, 0.717) is 30.5 Å². The number of hydrazine groups is 1. The van der Waals surface area contributed by atoms with Gasteiger partial charge in [0, 0.05) is 55.5 Å². The molecule has 1 aliphatic carbocycles. The van der Waals surface area contributed by atoms with Gasteiger partial charge >= 0.3 is 5.97 Å². The molecule has 0 saturated heterocycles. The van der Waals surface area contributed by atoms with Crippen LogP contribution >= 0.6 is 0 Å². The number of ether oxygens (including phenoxy) is 2. The average Bonchev–Trinajstić information content (AvgIpc) is 3.75. The normalized spacial score (nSPS) is 19.7. The Labute approximate surface area is 265 Å². The molecular formula is C36H42N6O3. The van der Waals surface area contributed by atoms with E-state index in [0.717, 1.165) is 54.2 Å². The summed E-state index contributed by atoms with van der Waals surface area (Å²) in [5, 5.41) is 6.13. The van der Waals surface area contributed by atoms with Gasteiger partial charge in [0.1, 0.15) is 17.9 Å². The molecule has 1 fully saturated rings. The van der Waals surface area contributed by atoms with Gasteiger partial charge in [-0.2, -0.15) is 5.10 Å².